The number of rotatable bonds is 9. The van der Waals surface area contributed by atoms with Crippen molar-refractivity contribution in [2.24, 2.45) is 0 Å². The molecule has 0 saturated carbocycles. The lowest BCUT2D eigenvalue weighted by Crippen LogP contribution is -2.23. The molecule has 0 unspecified atom stereocenters. The van der Waals surface area contributed by atoms with Crippen LogP contribution in [0.25, 0.3) is 0 Å². The molecule has 0 bridgehead atoms. The molecule has 3 rings (SSSR count). The predicted molar refractivity (Wildman–Crippen MR) is 116 cm³/mol. The van der Waals surface area contributed by atoms with E-state index in [1.807, 2.05) is 0 Å². The Morgan fingerprint density at radius 3 is 2.43 bits per heavy atom. The first-order chi connectivity index (χ1) is 14.3. The van der Waals surface area contributed by atoms with Gasteiger partial charge >= 0.3 is 0 Å². The Balaban J connectivity index is 1.56. The second-order valence-corrected chi connectivity index (χ2v) is 9.09. The molecular weight excluding hydrogens is 472 g/mol. The van der Waals surface area contributed by atoms with Gasteiger partial charge in [-0.25, -0.2) is 13.1 Å². The van der Waals surface area contributed by atoms with E-state index in [-0.39, 0.29) is 36.0 Å². The van der Waals surface area contributed by atoms with Gasteiger partial charge in [0.25, 0.3) is 0 Å². The molecule has 0 aliphatic carbocycles. The number of nitrogens with one attached hydrogen (secondary N) is 2. The molecule has 2 aromatic carbocycles. The fraction of sp³-hybridized carbons (Fsp3) is 0.143. The number of halogens is 1. The number of carbonyl (C=O) groups is 2. The van der Waals surface area contributed by atoms with Gasteiger partial charge in [-0.2, -0.15) is 0 Å². The van der Waals surface area contributed by atoms with Crippen LogP contribution in [-0.4, -0.2) is 20.1 Å². The summed E-state index contributed by atoms with van der Waals surface area (Å²) in [6, 6.07) is 16.1. The van der Waals surface area contributed by atoms with Crippen LogP contribution in [-0.2, 0) is 21.4 Å². The van der Waals surface area contributed by atoms with Gasteiger partial charge in [0.15, 0.2) is 5.78 Å². The molecule has 0 atom stereocenters. The molecule has 0 fully saturated rings. The van der Waals surface area contributed by atoms with Gasteiger partial charge in [-0.3, -0.25) is 9.59 Å². The number of hydrogen-bond acceptors (Lipinski definition) is 5. The average molecular weight is 491 g/mol. The summed E-state index contributed by atoms with van der Waals surface area (Å²) < 4.78 is 33.3. The summed E-state index contributed by atoms with van der Waals surface area (Å²) >= 11 is 3.31. The van der Waals surface area contributed by atoms with Crippen molar-refractivity contribution in [1.29, 1.82) is 0 Å². The molecule has 0 aliphatic heterocycles. The zero-order valence-electron chi connectivity index (χ0n) is 15.8. The van der Waals surface area contributed by atoms with Crippen molar-refractivity contribution < 1.29 is 22.4 Å². The molecule has 0 saturated heterocycles. The number of Topliss-reactive ketones (excluding diaryl/α,β-unsaturated/α-hetero) is 1. The monoisotopic (exact) mass is 490 g/mol. The third-order valence-corrected chi connectivity index (χ3v) is 6.12. The maximum absolute atomic E-state index is 12.4. The molecule has 0 radical (unpaired) electrons. The number of amides is 1. The molecule has 1 aromatic heterocycles. The van der Waals surface area contributed by atoms with Crippen molar-refractivity contribution in [3.63, 3.8) is 0 Å². The summed E-state index contributed by atoms with van der Waals surface area (Å²) in [6.07, 6.45) is 1.50. The van der Waals surface area contributed by atoms with Gasteiger partial charge in [0.05, 0.1) is 17.7 Å². The van der Waals surface area contributed by atoms with Crippen molar-refractivity contribution in [3.8, 4) is 0 Å². The van der Waals surface area contributed by atoms with Gasteiger partial charge in [0.2, 0.25) is 15.9 Å². The van der Waals surface area contributed by atoms with Gasteiger partial charge in [-0.15, -0.1) is 0 Å². The molecule has 0 spiro atoms. The van der Waals surface area contributed by atoms with E-state index in [2.05, 4.69) is 26.0 Å². The summed E-state index contributed by atoms with van der Waals surface area (Å²) in [5.41, 5.74) is 0.860. The Morgan fingerprint density at radius 1 is 0.967 bits per heavy atom. The number of furan rings is 1. The molecule has 0 aliphatic rings. The van der Waals surface area contributed by atoms with Crippen molar-refractivity contribution in [1.82, 2.24) is 4.72 Å². The van der Waals surface area contributed by atoms with Crippen LogP contribution in [0.5, 0.6) is 0 Å². The minimum absolute atomic E-state index is 0.0113. The van der Waals surface area contributed by atoms with E-state index in [4.69, 9.17) is 4.42 Å². The van der Waals surface area contributed by atoms with Crippen LogP contribution in [0.15, 0.2) is 80.7 Å². The predicted octanol–water partition coefficient (Wildman–Crippen LogP) is 4.12. The van der Waals surface area contributed by atoms with E-state index < -0.39 is 10.0 Å². The zero-order valence-corrected chi connectivity index (χ0v) is 18.2. The molecule has 30 heavy (non-hydrogen) atoms. The minimum atomic E-state index is -3.78. The fourth-order valence-electron chi connectivity index (χ4n) is 2.63. The molecule has 7 nitrogen and oxygen atoms in total. The topological polar surface area (TPSA) is 105 Å². The zero-order chi connectivity index (χ0) is 21.6. The van der Waals surface area contributed by atoms with Crippen LogP contribution in [0.1, 0.15) is 29.0 Å². The average Bonchev–Trinajstić information content (AvgIpc) is 3.25. The van der Waals surface area contributed by atoms with Gasteiger partial charge < -0.3 is 9.73 Å². The molecule has 3 aromatic rings. The van der Waals surface area contributed by atoms with E-state index in [1.165, 1.54) is 24.5 Å². The van der Waals surface area contributed by atoms with Crippen LogP contribution < -0.4 is 10.0 Å². The van der Waals surface area contributed by atoms with Crippen LogP contribution in [0, 0.1) is 0 Å². The highest BCUT2D eigenvalue weighted by molar-refractivity contribution is 9.10. The first kappa shape index (κ1) is 21.9. The highest BCUT2D eigenvalue weighted by atomic mass is 79.9. The first-order valence-electron chi connectivity index (χ1n) is 9.04. The van der Waals surface area contributed by atoms with Crippen LogP contribution in [0.3, 0.4) is 0 Å². The van der Waals surface area contributed by atoms with E-state index in [0.29, 0.717) is 17.0 Å². The number of ketones is 1. The van der Waals surface area contributed by atoms with E-state index in [9.17, 15) is 18.0 Å². The van der Waals surface area contributed by atoms with E-state index in [1.54, 1.807) is 42.5 Å². The van der Waals surface area contributed by atoms with Crippen LogP contribution >= 0.6 is 15.9 Å². The third kappa shape index (κ3) is 6.12. The summed E-state index contributed by atoms with van der Waals surface area (Å²) in [5.74, 6) is -0.0341. The standard InChI is InChI=1S/C21H19BrN2O5S/c22-16-8-6-15(7-9-16)20(25)10-11-21(26)24-17-3-1-5-19(13-17)30(27,28)23-14-18-4-2-12-29-18/h1-9,12-13,23H,10-11,14H2,(H,24,26). The first-order valence-corrected chi connectivity index (χ1v) is 11.3. The second-order valence-electron chi connectivity index (χ2n) is 6.41. The summed E-state index contributed by atoms with van der Waals surface area (Å²) in [7, 11) is -3.78. The normalized spacial score (nSPS) is 11.2. The summed E-state index contributed by atoms with van der Waals surface area (Å²) in [5, 5.41) is 2.63. The Kier molecular flexibility index (Phi) is 7.20. The smallest absolute Gasteiger partial charge is 0.241 e. The van der Waals surface area contributed by atoms with Crippen LogP contribution in [0.2, 0.25) is 0 Å². The largest absolute Gasteiger partial charge is 0.468 e. The lowest BCUT2D eigenvalue weighted by molar-refractivity contribution is -0.116. The van der Waals surface area contributed by atoms with Gasteiger partial charge in [0, 0.05) is 28.6 Å². The number of hydrogen-bond donors (Lipinski definition) is 2. The molecular formula is C21H19BrN2O5S. The van der Waals surface area contributed by atoms with Crippen molar-refractivity contribution >= 4 is 43.3 Å². The number of carbonyl (C=O) groups excluding carboxylic acids is 2. The fourth-order valence-corrected chi connectivity index (χ4v) is 3.94. The SMILES string of the molecule is O=C(CCC(=O)c1ccc(Br)cc1)Nc1cccc(S(=O)(=O)NCc2ccco2)c1. The quantitative estimate of drug-likeness (QED) is 0.438. The number of sulfonamides is 1. The van der Waals surface area contributed by atoms with Gasteiger partial charge in [0.1, 0.15) is 5.76 Å². The Labute approximate surface area is 182 Å². The Morgan fingerprint density at radius 2 is 1.73 bits per heavy atom. The lowest BCUT2D eigenvalue weighted by Gasteiger charge is -2.09. The number of benzene rings is 2. The van der Waals surface area contributed by atoms with Gasteiger partial charge in [-0.1, -0.05) is 34.1 Å². The highest BCUT2D eigenvalue weighted by Gasteiger charge is 2.16. The van der Waals surface area contributed by atoms with Crippen molar-refractivity contribution in [2.75, 3.05) is 5.32 Å². The van der Waals surface area contributed by atoms with Crippen LogP contribution in [0.4, 0.5) is 5.69 Å². The van der Waals surface area contributed by atoms with Crippen molar-refractivity contribution in [2.45, 2.75) is 24.3 Å². The van der Waals surface area contributed by atoms with Crippen molar-refractivity contribution in [3.05, 3.63) is 82.7 Å². The number of anilines is 1. The lowest BCUT2D eigenvalue weighted by atomic mass is 10.1. The highest BCUT2D eigenvalue weighted by Crippen LogP contribution is 2.17. The Bertz CT molecular complexity index is 1130. The molecule has 1 heterocycles. The second kappa shape index (κ2) is 9.84. The molecule has 1 amide bonds. The molecule has 2 N–H and O–H groups in total. The summed E-state index contributed by atoms with van der Waals surface area (Å²) in [6.45, 7) is 0.0179. The molecule has 9 heteroatoms. The minimum Gasteiger partial charge on any atom is -0.468 e. The molecule has 156 valence electrons. The third-order valence-electron chi connectivity index (χ3n) is 4.19. The maximum atomic E-state index is 12.4. The van der Waals surface area contributed by atoms with Gasteiger partial charge in [-0.05, 0) is 42.5 Å². The Hall–Kier alpha value is -2.75. The summed E-state index contributed by atoms with van der Waals surface area (Å²) in [4.78, 5) is 24.4. The maximum Gasteiger partial charge on any atom is 0.241 e. The van der Waals surface area contributed by atoms with E-state index >= 15 is 0 Å². The van der Waals surface area contributed by atoms with E-state index in [0.717, 1.165) is 4.47 Å².